The Bertz CT molecular complexity index is 629. The second kappa shape index (κ2) is 6.10. The molecule has 1 saturated heterocycles. The Morgan fingerprint density at radius 2 is 1.96 bits per heavy atom. The van der Waals surface area contributed by atoms with E-state index in [-0.39, 0.29) is 11.9 Å². The lowest BCUT2D eigenvalue weighted by molar-refractivity contribution is -0.127. The number of nitrogens with zero attached hydrogens (tertiary/aromatic N) is 4. The van der Waals surface area contributed by atoms with E-state index in [4.69, 9.17) is 0 Å². The monoisotopic (exact) mass is 314 g/mol. The van der Waals surface area contributed by atoms with Gasteiger partial charge in [-0.15, -0.1) is 10.2 Å². The highest BCUT2D eigenvalue weighted by Gasteiger charge is 2.34. The summed E-state index contributed by atoms with van der Waals surface area (Å²) in [7, 11) is 0. The lowest BCUT2D eigenvalue weighted by Gasteiger charge is -2.23. The lowest BCUT2D eigenvalue weighted by atomic mass is 10.1. The van der Waals surface area contributed by atoms with E-state index in [0.29, 0.717) is 5.92 Å². The van der Waals surface area contributed by atoms with Crippen LogP contribution in [-0.2, 0) is 17.8 Å². The third kappa shape index (κ3) is 2.93. The second-order valence-corrected chi connectivity index (χ2v) is 7.29. The molecular weight excluding hydrogens is 288 g/mol. The van der Waals surface area contributed by atoms with Gasteiger partial charge in [-0.05, 0) is 51.4 Å². The first kappa shape index (κ1) is 14.9. The van der Waals surface area contributed by atoms with Gasteiger partial charge < -0.3 is 9.47 Å². The van der Waals surface area contributed by atoms with Crippen molar-refractivity contribution in [2.45, 2.75) is 70.9 Å². The van der Waals surface area contributed by atoms with E-state index in [2.05, 4.69) is 21.7 Å². The van der Waals surface area contributed by atoms with Crippen LogP contribution in [0.25, 0.3) is 0 Å². The second-order valence-electron chi connectivity index (χ2n) is 7.29. The zero-order chi connectivity index (χ0) is 15.8. The van der Waals surface area contributed by atoms with Crippen LogP contribution in [0.1, 0.15) is 69.6 Å². The van der Waals surface area contributed by atoms with Crippen LogP contribution in [0.3, 0.4) is 0 Å². The predicted molar refractivity (Wildman–Crippen MR) is 87.7 cm³/mol. The van der Waals surface area contributed by atoms with E-state index in [1.807, 2.05) is 11.0 Å². The molecule has 0 aromatic carbocycles. The van der Waals surface area contributed by atoms with Gasteiger partial charge in [0.1, 0.15) is 5.82 Å². The van der Waals surface area contributed by atoms with Crippen LogP contribution in [-0.4, -0.2) is 32.1 Å². The zero-order valence-corrected chi connectivity index (χ0v) is 14.0. The van der Waals surface area contributed by atoms with E-state index < -0.39 is 0 Å². The molecule has 3 heterocycles. The Labute approximate surface area is 137 Å². The zero-order valence-electron chi connectivity index (χ0n) is 14.0. The highest BCUT2D eigenvalue weighted by Crippen LogP contribution is 2.37. The molecule has 1 aliphatic carbocycles. The van der Waals surface area contributed by atoms with Gasteiger partial charge in [-0.25, -0.2) is 0 Å². The molecule has 0 spiro atoms. The van der Waals surface area contributed by atoms with Gasteiger partial charge >= 0.3 is 0 Å². The Morgan fingerprint density at radius 3 is 2.78 bits per heavy atom. The molecule has 0 N–H and O–H groups in total. The van der Waals surface area contributed by atoms with Crippen LogP contribution in [0, 0.1) is 5.92 Å². The minimum absolute atomic E-state index is 0.116. The molecule has 1 amide bonds. The van der Waals surface area contributed by atoms with Gasteiger partial charge in [0.2, 0.25) is 5.91 Å². The fourth-order valence-electron chi connectivity index (χ4n) is 3.99. The van der Waals surface area contributed by atoms with E-state index in [0.717, 1.165) is 44.0 Å². The molecule has 2 aliphatic heterocycles. The summed E-state index contributed by atoms with van der Waals surface area (Å²) in [6.07, 6.45) is 11.1. The molecule has 4 rings (SSSR count). The number of rotatable bonds is 3. The van der Waals surface area contributed by atoms with E-state index >= 15 is 0 Å². The number of likely N-dealkylation sites (tertiary alicyclic amines) is 1. The fraction of sp³-hybridized carbons (Fsp3) is 0.722. The first-order valence-corrected chi connectivity index (χ1v) is 9.15. The summed E-state index contributed by atoms with van der Waals surface area (Å²) < 4.78 is 2.29. The number of allylic oxidation sites excluding steroid dienone is 1. The maximum Gasteiger partial charge on any atom is 0.247 e. The molecule has 2 fully saturated rings. The molecule has 0 radical (unpaired) electrons. The molecular formula is C18H26N4O. The van der Waals surface area contributed by atoms with Gasteiger partial charge in [-0.2, -0.15) is 0 Å². The van der Waals surface area contributed by atoms with Crippen LogP contribution in [0.2, 0.25) is 0 Å². The Balaban J connectivity index is 1.57. The van der Waals surface area contributed by atoms with Crippen molar-refractivity contribution in [2.24, 2.45) is 5.92 Å². The van der Waals surface area contributed by atoms with Crippen LogP contribution in [0.5, 0.6) is 0 Å². The minimum Gasteiger partial charge on any atom is -0.329 e. The van der Waals surface area contributed by atoms with E-state index in [1.165, 1.54) is 37.7 Å². The molecule has 1 saturated carbocycles. The summed E-state index contributed by atoms with van der Waals surface area (Å²) in [5, 5.41) is 8.89. The van der Waals surface area contributed by atoms with E-state index in [9.17, 15) is 4.79 Å². The van der Waals surface area contributed by atoms with Crippen molar-refractivity contribution >= 4 is 5.91 Å². The summed E-state index contributed by atoms with van der Waals surface area (Å²) >= 11 is 0. The van der Waals surface area contributed by atoms with Gasteiger partial charge in [0.05, 0.1) is 6.04 Å². The van der Waals surface area contributed by atoms with Crippen molar-refractivity contribution in [2.75, 3.05) is 6.54 Å². The minimum atomic E-state index is 0.116. The third-order valence-electron chi connectivity index (χ3n) is 5.54. The number of amides is 1. The summed E-state index contributed by atoms with van der Waals surface area (Å²) in [5.74, 6) is 2.96. The van der Waals surface area contributed by atoms with Gasteiger partial charge in [0.25, 0.3) is 0 Å². The van der Waals surface area contributed by atoms with Crippen LogP contribution < -0.4 is 0 Å². The van der Waals surface area contributed by atoms with Gasteiger partial charge in [0, 0.05) is 25.6 Å². The number of fused-ring (bicyclic) bond motifs is 1. The Morgan fingerprint density at radius 1 is 1.09 bits per heavy atom. The standard InChI is InChI=1S/C18H26N4O/c1-13(14-8-9-14)12-17(23)21-11-5-6-15(21)18-20-19-16-7-3-2-4-10-22(16)18/h12,14-15H,2-11H2,1H3/b13-12+/t15-/m1/s1. The number of aromatic nitrogens is 3. The average molecular weight is 314 g/mol. The summed E-state index contributed by atoms with van der Waals surface area (Å²) in [5.41, 5.74) is 1.25. The van der Waals surface area contributed by atoms with Crippen molar-refractivity contribution < 1.29 is 4.79 Å². The molecule has 23 heavy (non-hydrogen) atoms. The summed E-state index contributed by atoms with van der Waals surface area (Å²) in [6, 6.07) is 0.116. The van der Waals surface area contributed by atoms with Crippen LogP contribution >= 0.6 is 0 Å². The molecule has 0 bridgehead atoms. The molecule has 1 aromatic rings. The number of carbonyl (C=O) groups is 1. The molecule has 0 unspecified atom stereocenters. The maximum atomic E-state index is 12.7. The lowest BCUT2D eigenvalue weighted by Crippen LogP contribution is -2.31. The first-order chi connectivity index (χ1) is 11.2. The maximum absolute atomic E-state index is 12.7. The highest BCUT2D eigenvalue weighted by molar-refractivity contribution is 5.88. The quantitative estimate of drug-likeness (QED) is 0.806. The average Bonchev–Trinajstić information content (AvgIpc) is 3.23. The smallest absolute Gasteiger partial charge is 0.247 e. The SMILES string of the molecule is C/C(=C\C(=O)N1CCC[C@@H]1c1nnc2n1CCCCC2)C1CC1. The first-order valence-electron chi connectivity index (χ1n) is 9.15. The van der Waals surface area contributed by atoms with Crippen molar-refractivity contribution in [3.8, 4) is 0 Å². The van der Waals surface area contributed by atoms with Crippen molar-refractivity contribution in [1.82, 2.24) is 19.7 Å². The molecule has 1 atom stereocenters. The fourth-order valence-corrected chi connectivity index (χ4v) is 3.99. The largest absolute Gasteiger partial charge is 0.329 e. The number of aryl methyl sites for hydroxylation is 1. The van der Waals surface area contributed by atoms with Crippen molar-refractivity contribution in [1.29, 1.82) is 0 Å². The van der Waals surface area contributed by atoms with Crippen molar-refractivity contribution in [3.63, 3.8) is 0 Å². The number of carbonyl (C=O) groups excluding carboxylic acids is 1. The normalized spacial score (nSPS) is 25.3. The van der Waals surface area contributed by atoms with Gasteiger partial charge in [0.15, 0.2) is 5.82 Å². The number of hydrogen-bond acceptors (Lipinski definition) is 3. The number of hydrogen-bond donors (Lipinski definition) is 0. The third-order valence-corrected chi connectivity index (χ3v) is 5.54. The molecule has 5 heteroatoms. The predicted octanol–water partition coefficient (Wildman–Crippen LogP) is 3.02. The van der Waals surface area contributed by atoms with Gasteiger partial charge in [-0.1, -0.05) is 12.0 Å². The summed E-state index contributed by atoms with van der Waals surface area (Å²) in [4.78, 5) is 14.7. The van der Waals surface area contributed by atoms with Crippen LogP contribution in [0.15, 0.2) is 11.6 Å². The molecule has 5 nitrogen and oxygen atoms in total. The molecule has 1 aromatic heterocycles. The molecule has 3 aliphatic rings. The Kier molecular flexibility index (Phi) is 3.95. The topological polar surface area (TPSA) is 51.0 Å². The van der Waals surface area contributed by atoms with Crippen LogP contribution in [0.4, 0.5) is 0 Å². The highest BCUT2D eigenvalue weighted by atomic mass is 16.2. The Hall–Kier alpha value is -1.65. The van der Waals surface area contributed by atoms with Crippen molar-refractivity contribution in [3.05, 3.63) is 23.3 Å². The van der Waals surface area contributed by atoms with Gasteiger partial charge in [-0.3, -0.25) is 4.79 Å². The van der Waals surface area contributed by atoms with E-state index in [1.54, 1.807) is 0 Å². The summed E-state index contributed by atoms with van der Waals surface area (Å²) in [6.45, 7) is 3.96. The molecule has 124 valence electrons.